The van der Waals surface area contributed by atoms with Crippen molar-refractivity contribution in [1.82, 2.24) is 14.8 Å². The number of aromatic nitrogens is 1. The Labute approximate surface area is 130 Å². The fourth-order valence-corrected chi connectivity index (χ4v) is 2.53. The molecule has 1 amide bonds. The molecule has 1 aromatic carbocycles. The zero-order valence-corrected chi connectivity index (χ0v) is 13.6. The molecule has 0 aliphatic carbocycles. The fraction of sp³-hybridized carbons (Fsp3) is 0.438. The average Bonchev–Trinajstić information content (AvgIpc) is 2.79. The van der Waals surface area contributed by atoms with E-state index in [1.165, 1.54) is 10.9 Å². The smallest absolute Gasteiger partial charge is 0.223 e. The molecule has 5 heteroatoms. The number of carbonyl (C=O) groups excluding carboxylic acids is 1. The van der Waals surface area contributed by atoms with Gasteiger partial charge in [-0.2, -0.15) is 0 Å². The van der Waals surface area contributed by atoms with E-state index < -0.39 is 0 Å². The molecule has 1 N–H and O–H groups in total. The average molecular weight is 308 g/mol. The summed E-state index contributed by atoms with van der Waals surface area (Å²) in [6.45, 7) is 4.51. The molecule has 114 valence electrons. The van der Waals surface area contributed by atoms with Crippen LogP contribution < -0.4 is 5.32 Å². The van der Waals surface area contributed by atoms with E-state index in [1.54, 1.807) is 19.0 Å². The molecule has 0 aliphatic rings. The maximum atomic E-state index is 11.8. The van der Waals surface area contributed by atoms with Gasteiger partial charge in [0.1, 0.15) is 0 Å². The lowest BCUT2D eigenvalue weighted by molar-refractivity contribution is -0.128. The molecule has 4 nitrogen and oxygen atoms in total. The van der Waals surface area contributed by atoms with Crippen LogP contribution in [0.5, 0.6) is 0 Å². The highest BCUT2D eigenvalue weighted by atomic mass is 35.5. The predicted octanol–water partition coefficient (Wildman–Crippen LogP) is 2.88. The maximum Gasteiger partial charge on any atom is 0.223 e. The summed E-state index contributed by atoms with van der Waals surface area (Å²) in [5, 5.41) is 5.26. The van der Waals surface area contributed by atoms with Gasteiger partial charge in [0.05, 0.1) is 0 Å². The molecule has 0 unspecified atom stereocenters. The molecule has 0 saturated carbocycles. The van der Waals surface area contributed by atoms with Gasteiger partial charge in [0.25, 0.3) is 0 Å². The number of benzene rings is 1. The van der Waals surface area contributed by atoms with Gasteiger partial charge in [-0.05, 0) is 24.2 Å². The predicted molar refractivity (Wildman–Crippen MR) is 87.6 cm³/mol. The third-order valence-electron chi connectivity index (χ3n) is 3.56. The van der Waals surface area contributed by atoms with Crippen LogP contribution in [-0.4, -0.2) is 36.0 Å². The van der Waals surface area contributed by atoms with E-state index in [0.717, 1.165) is 23.6 Å². The Hall–Kier alpha value is -1.52. The molecule has 1 aromatic heterocycles. The molecule has 0 aliphatic heterocycles. The fourth-order valence-electron chi connectivity index (χ4n) is 2.37. The number of carbonyl (C=O) groups is 1. The Bertz CT molecular complexity index is 634. The summed E-state index contributed by atoms with van der Waals surface area (Å²) in [6.07, 6.45) is 2.61. The molecule has 0 fully saturated rings. The van der Waals surface area contributed by atoms with Crippen LogP contribution in [0.2, 0.25) is 5.02 Å². The van der Waals surface area contributed by atoms with Crippen LogP contribution in [0.25, 0.3) is 10.9 Å². The second kappa shape index (κ2) is 6.96. The van der Waals surface area contributed by atoms with Crippen molar-refractivity contribution in [2.45, 2.75) is 26.4 Å². The minimum Gasteiger partial charge on any atom is -0.349 e. The standard InChI is InChI=1S/C16H22ClN3O/c1-4-18-10-12-11-20(8-7-16(21)19(2)3)15-9-13(17)5-6-14(12)15/h5-6,9,11,18H,4,7-8,10H2,1-3H3. The summed E-state index contributed by atoms with van der Waals surface area (Å²) in [7, 11) is 3.56. The molecule has 0 saturated heterocycles. The van der Waals surface area contributed by atoms with Gasteiger partial charge < -0.3 is 14.8 Å². The second-order valence-electron chi connectivity index (χ2n) is 5.33. The highest BCUT2D eigenvalue weighted by Crippen LogP contribution is 2.25. The molecule has 0 spiro atoms. The van der Waals surface area contributed by atoms with Crippen molar-refractivity contribution in [2.75, 3.05) is 20.6 Å². The van der Waals surface area contributed by atoms with E-state index in [9.17, 15) is 4.79 Å². The van der Waals surface area contributed by atoms with Crippen molar-refractivity contribution in [2.24, 2.45) is 0 Å². The summed E-state index contributed by atoms with van der Waals surface area (Å²) < 4.78 is 2.12. The molecule has 2 rings (SSSR count). The van der Waals surface area contributed by atoms with Crippen LogP contribution in [0.4, 0.5) is 0 Å². The minimum atomic E-state index is 0.132. The first-order valence-electron chi connectivity index (χ1n) is 7.21. The van der Waals surface area contributed by atoms with Crippen molar-refractivity contribution < 1.29 is 4.79 Å². The third-order valence-corrected chi connectivity index (χ3v) is 3.79. The number of nitrogens with zero attached hydrogens (tertiary/aromatic N) is 2. The minimum absolute atomic E-state index is 0.132. The molecule has 0 atom stereocenters. The van der Waals surface area contributed by atoms with Crippen LogP contribution >= 0.6 is 11.6 Å². The van der Waals surface area contributed by atoms with Crippen molar-refractivity contribution in [3.8, 4) is 0 Å². The van der Waals surface area contributed by atoms with Gasteiger partial charge in [-0.15, -0.1) is 0 Å². The van der Waals surface area contributed by atoms with Crippen LogP contribution in [0.1, 0.15) is 18.9 Å². The summed E-state index contributed by atoms with van der Waals surface area (Å²) in [6, 6.07) is 5.93. The van der Waals surface area contributed by atoms with Crippen molar-refractivity contribution >= 4 is 28.4 Å². The molecular formula is C16H22ClN3O. The molecular weight excluding hydrogens is 286 g/mol. The monoisotopic (exact) mass is 307 g/mol. The zero-order valence-electron chi connectivity index (χ0n) is 12.8. The number of aryl methyl sites for hydroxylation is 1. The van der Waals surface area contributed by atoms with Crippen LogP contribution in [-0.2, 0) is 17.9 Å². The summed E-state index contributed by atoms with van der Waals surface area (Å²) >= 11 is 6.11. The third kappa shape index (κ3) is 3.77. The molecule has 2 aromatic rings. The largest absolute Gasteiger partial charge is 0.349 e. The van der Waals surface area contributed by atoms with Crippen LogP contribution in [0.15, 0.2) is 24.4 Å². The second-order valence-corrected chi connectivity index (χ2v) is 5.76. The molecule has 0 radical (unpaired) electrons. The van der Waals surface area contributed by atoms with E-state index >= 15 is 0 Å². The van der Waals surface area contributed by atoms with Crippen LogP contribution in [0.3, 0.4) is 0 Å². The Morgan fingerprint density at radius 2 is 2.14 bits per heavy atom. The molecule has 0 bridgehead atoms. The van der Waals surface area contributed by atoms with E-state index in [1.807, 2.05) is 12.1 Å². The van der Waals surface area contributed by atoms with Gasteiger partial charge in [0, 0.05) is 55.7 Å². The Morgan fingerprint density at radius 1 is 1.38 bits per heavy atom. The summed E-state index contributed by atoms with van der Waals surface area (Å²) in [5.41, 5.74) is 2.32. The molecule has 1 heterocycles. The zero-order chi connectivity index (χ0) is 15.4. The van der Waals surface area contributed by atoms with Crippen molar-refractivity contribution in [3.05, 3.63) is 35.0 Å². The number of hydrogen-bond acceptors (Lipinski definition) is 2. The van der Waals surface area contributed by atoms with E-state index in [2.05, 4.69) is 29.1 Å². The Balaban J connectivity index is 2.29. The SMILES string of the molecule is CCNCc1cn(CCC(=O)N(C)C)c2cc(Cl)ccc12. The topological polar surface area (TPSA) is 37.3 Å². The number of nitrogens with one attached hydrogen (secondary N) is 1. The van der Waals surface area contributed by atoms with Crippen molar-refractivity contribution in [3.63, 3.8) is 0 Å². The van der Waals surface area contributed by atoms with Gasteiger partial charge in [-0.25, -0.2) is 0 Å². The number of hydrogen-bond donors (Lipinski definition) is 1. The maximum absolute atomic E-state index is 11.8. The number of halogens is 1. The van der Waals surface area contributed by atoms with Gasteiger partial charge in [0.2, 0.25) is 5.91 Å². The van der Waals surface area contributed by atoms with Crippen molar-refractivity contribution in [1.29, 1.82) is 0 Å². The lowest BCUT2D eigenvalue weighted by atomic mass is 10.2. The first kappa shape index (κ1) is 15.9. The van der Waals surface area contributed by atoms with Gasteiger partial charge in [0.15, 0.2) is 0 Å². The number of fused-ring (bicyclic) bond motifs is 1. The Kier molecular flexibility index (Phi) is 5.26. The summed E-state index contributed by atoms with van der Waals surface area (Å²) in [5.74, 6) is 0.132. The summed E-state index contributed by atoms with van der Waals surface area (Å²) in [4.78, 5) is 13.4. The molecule has 21 heavy (non-hydrogen) atoms. The van der Waals surface area contributed by atoms with Gasteiger partial charge in [-0.3, -0.25) is 4.79 Å². The first-order valence-corrected chi connectivity index (χ1v) is 7.59. The van der Waals surface area contributed by atoms with E-state index in [4.69, 9.17) is 11.6 Å². The lowest BCUT2D eigenvalue weighted by Crippen LogP contribution is -2.22. The quantitative estimate of drug-likeness (QED) is 0.891. The van der Waals surface area contributed by atoms with Crippen LogP contribution in [0, 0.1) is 0 Å². The number of amides is 1. The highest BCUT2D eigenvalue weighted by molar-refractivity contribution is 6.31. The van der Waals surface area contributed by atoms with E-state index in [-0.39, 0.29) is 5.91 Å². The highest BCUT2D eigenvalue weighted by Gasteiger charge is 2.11. The number of rotatable bonds is 6. The lowest BCUT2D eigenvalue weighted by Gasteiger charge is -2.11. The van der Waals surface area contributed by atoms with Gasteiger partial charge >= 0.3 is 0 Å². The van der Waals surface area contributed by atoms with E-state index in [0.29, 0.717) is 13.0 Å². The normalized spacial score (nSPS) is 11.0. The van der Waals surface area contributed by atoms with Gasteiger partial charge in [-0.1, -0.05) is 24.6 Å². The Morgan fingerprint density at radius 3 is 2.81 bits per heavy atom. The first-order chi connectivity index (χ1) is 10.0.